The summed E-state index contributed by atoms with van der Waals surface area (Å²) in [5, 5.41) is 5.73. The van der Waals surface area contributed by atoms with Gasteiger partial charge in [0.15, 0.2) is 0 Å². The highest BCUT2D eigenvalue weighted by Gasteiger charge is 2.28. The van der Waals surface area contributed by atoms with Crippen LogP contribution in [0.4, 0.5) is 0 Å². The Morgan fingerprint density at radius 3 is 2.33 bits per heavy atom. The first-order chi connectivity index (χ1) is 11.5. The predicted molar refractivity (Wildman–Crippen MR) is 95.4 cm³/mol. The second-order valence-corrected chi connectivity index (χ2v) is 6.90. The lowest BCUT2D eigenvalue weighted by atomic mass is 9.99. The van der Waals surface area contributed by atoms with Crippen molar-refractivity contribution < 1.29 is 9.59 Å². The zero-order valence-electron chi connectivity index (χ0n) is 14.7. The van der Waals surface area contributed by atoms with Crippen LogP contribution in [0, 0.1) is 5.92 Å². The zero-order chi connectivity index (χ0) is 17.5. The first-order valence-corrected chi connectivity index (χ1v) is 8.87. The van der Waals surface area contributed by atoms with E-state index < -0.39 is 0 Å². The molecule has 1 atom stereocenters. The molecule has 1 aromatic carbocycles. The second-order valence-electron chi connectivity index (χ2n) is 6.90. The molecule has 1 aliphatic carbocycles. The number of carbonyl (C=O) groups excluding carboxylic acids is 2. The number of rotatable bonds is 9. The van der Waals surface area contributed by atoms with Crippen LogP contribution in [0.2, 0.25) is 0 Å². The Morgan fingerprint density at radius 1 is 1.12 bits per heavy atom. The third-order valence-electron chi connectivity index (χ3n) is 4.38. The summed E-state index contributed by atoms with van der Waals surface area (Å²) in [5.74, 6) is 0.821. The fourth-order valence-electron chi connectivity index (χ4n) is 2.51. The van der Waals surface area contributed by atoms with Gasteiger partial charge in [0.05, 0.1) is 0 Å². The van der Waals surface area contributed by atoms with Crippen molar-refractivity contribution in [3.05, 3.63) is 35.4 Å². The van der Waals surface area contributed by atoms with Gasteiger partial charge in [0.1, 0.15) is 0 Å². The number of benzene rings is 1. The van der Waals surface area contributed by atoms with Crippen LogP contribution in [-0.4, -0.2) is 24.9 Å². The van der Waals surface area contributed by atoms with Gasteiger partial charge in [-0.15, -0.1) is 0 Å². The summed E-state index contributed by atoms with van der Waals surface area (Å²) >= 11 is 0. The Bertz CT molecular complexity index is 550. The van der Waals surface area contributed by atoms with Gasteiger partial charge in [0.2, 0.25) is 11.8 Å². The number of hydrogen-bond donors (Lipinski definition) is 3. The SMILES string of the molecule is CC(C)c1ccc(C(N)CNC(=O)CCCNC(=O)C2CC2)cc1. The van der Waals surface area contributed by atoms with E-state index in [4.69, 9.17) is 5.73 Å². The minimum absolute atomic E-state index is 0.0232. The lowest BCUT2D eigenvalue weighted by Crippen LogP contribution is -2.32. The quantitative estimate of drug-likeness (QED) is 0.607. The molecule has 24 heavy (non-hydrogen) atoms. The van der Waals surface area contributed by atoms with Crippen LogP contribution in [0.1, 0.15) is 62.6 Å². The van der Waals surface area contributed by atoms with Crippen molar-refractivity contribution in [2.45, 2.75) is 51.5 Å². The minimum atomic E-state index is -0.204. The average Bonchev–Trinajstić information content (AvgIpc) is 3.41. The van der Waals surface area contributed by atoms with Crippen LogP contribution < -0.4 is 16.4 Å². The highest BCUT2D eigenvalue weighted by Crippen LogP contribution is 2.28. The van der Waals surface area contributed by atoms with E-state index >= 15 is 0 Å². The fourth-order valence-corrected chi connectivity index (χ4v) is 2.51. The molecule has 1 saturated carbocycles. The first kappa shape index (κ1) is 18.5. The van der Waals surface area contributed by atoms with E-state index in [-0.39, 0.29) is 23.8 Å². The topological polar surface area (TPSA) is 84.2 Å². The maximum atomic E-state index is 11.8. The molecule has 1 unspecified atom stereocenters. The maximum absolute atomic E-state index is 11.8. The van der Waals surface area contributed by atoms with Crippen LogP contribution in [-0.2, 0) is 9.59 Å². The molecule has 0 bridgehead atoms. The van der Waals surface area contributed by atoms with Crippen LogP contribution in [0.25, 0.3) is 0 Å². The van der Waals surface area contributed by atoms with Gasteiger partial charge in [-0.05, 0) is 36.3 Å². The van der Waals surface area contributed by atoms with Crippen LogP contribution >= 0.6 is 0 Å². The molecule has 0 aliphatic heterocycles. The summed E-state index contributed by atoms with van der Waals surface area (Å²) in [5.41, 5.74) is 8.44. The standard InChI is InChI=1S/C19H29N3O2/c1-13(2)14-5-7-15(8-6-14)17(20)12-22-18(23)4-3-11-21-19(24)16-9-10-16/h5-8,13,16-17H,3-4,9-12,20H2,1-2H3,(H,21,24)(H,22,23). The number of carbonyl (C=O) groups is 2. The molecule has 0 spiro atoms. The van der Waals surface area contributed by atoms with Crippen molar-refractivity contribution in [1.82, 2.24) is 10.6 Å². The van der Waals surface area contributed by atoms with E-state index in [1.54, 1.807) is 0 Å². The third-order valence-corrected chi connectivity index (χ3v) is 4.38. The molecular weight excluding hydrogens is 302 g/mol. The van der Waals surface area contributed by atoms with Crippen molar-refractivity contribution in [1.29, 1.82) is 0 Å². The van der Waals surface area contributed by atoms with Crippen molar-refractivity contribution in [2.24, 2.45) is 11.7 Å². The third kappa shape index (κ3) is 5.96. The molecule has 0 aromatic heterocycles. The molecule has 1 aromatic rings. The lowest BCUT2D eigenvalue weighted by Gasteiger charge is -2.14. The minimum Gasteiger partial charge on any atom is -0.356 e. The van der Waals surface area contributed by atoms with Gasteiger partial charge >= 0.3 is 0 Å². The van der Waals surface area contributed by atoms with Crippen molar-refractivity contribution in [3.8, 4) is 0 Å². The van der Waals surface area contributed by atoms with E-state index in [1.807, 2.05) is 12.1 Å². The normalized spacial score (nSPS) is 15.2. The summed E-state index contributed by atoms with van der Waals surface area (Å²) in [4.78, 5) is 23.3. The lowest BCUT2D eigenvalue weighted by molar-refractivity contribution is -0.123. The monoisotopic (exact) mass is 331 g/mol. The largest absolute Gasteiger partial charge is 0.356 e. The highest BCUT2D eigenvalue weighted by molar-refractivity contribution is 5.81. The van der Waals surface area contributed by atoms with Gasteiger partial charge in [0, 0.05) is 31.5 Å². The molecule has 2 amide bonds. The molecule has 0 radical (unpaired) electrons. The van der Waals surface area contributed by atoms with Crippen LogP contribution in [0.15, 0.2) is 24.3 Å². The summed E-state index contributed by atoms with van der Waals surface area (Å²) in [6, 6.07) is 8.03. The van der Waals surface area contributed by atoms with Crippen molar-refractivity contribution >= 4 is 11.8 Å². The Morgan fingerprint density at radius 2 is 1.75 bits per heavy atom. The molecule has 132 valence electrons. The summed E-state index contributed by atoms with van der Waals surface area (Å²) < 4.78 is 0. The highest BCUT2D eigenvalue weighted by atomic mass is 16.2. The predicted octanol–water partition coefficient (Wildman–Crippen LogP) is 2.23. The molecule has 1 aliphatic rings. The number of nitrogens with one attached hydrogen (secondary N) is 2. The Balaban J connectivity index is 1.62. The smallest absolute Gasteiger partial charge is 0.223 e. The number of amides is 2. The zero-order valence-corrected chi connectivity index (χ0v) is 14.7. The molecule has 4 N–H and O–H groups in total. The van der Waals surface area contributed by atoms with E-state index in [1.165, 1.54) is 5.56 Å². The molecule has 5 heteroatoms. The van der Waals surface area contributed by atoms with Crippen molar-refractivity contribution in [3.63, 3.8) is 0 Å². The van der Waals surface area contributed by atoms with E-state index in [0.29, 0.717) is 31.8 Å². The van der Waals surface area contributed by atoms with E-state index in [2.05, 4.69) is 36.6 Å². The Kier molecular flexibility index (Phi) is 6.79. The van der Waals surface area contributed by atoms with Gasteiger partial charge in [-0.1, -0.05) is 38.1 Å². The summed E-state index contributed by atoms with van der Waals surface area (Å²) in [6.07, 6.45) is 3.07. The number of hydrogen-bond acceptors (Lipinski definition) is 3. The Labute approximate surface area is 144 Å². The molecular formula is C19H29N3O2. The van der Waals surface area contributed by atoms with Gasteiger partial charge < -0.3 is 16.4 Å². The molecule has 0 saturated heterocycles. The van der Waals surface area contributed by atoms with Crippen LogP contribution in [0.3, 0.4) is 0 Å². The van der Waals surface area contributed by atoms with Crippen LogP contribution in [0.5, 0.6) is 0 Å². The first-order valence-electron chi connectivity index (χ1n) is 8.87. The fraction of sp³-hybridized carbons (Fsp3) is 0.579. The van der Waals surface area contributed by atoms with E-state index in [0.717, 1.165) is 18.4 Å². The summed E-state index contributed by atoms with van der Waals surface area (Å²) in [7, 11) is 0. The summed E-state index contributed by atoms with van der Waals surface area (Å²) in [6.45, 7) is 5.30. The second kappa shape index (κ2) is 8.83. The maximum Gasteiger partial charge on any atom is 0.223 e. The molecule has 5 nitrogen and oxygen atoms in total. The average molecular weight is 331 g/mol. The Hall–Kier alpha value is -1.88. The van der Waals surface area contributed by atoms with Gasteiger partial charge in [-0.2, -0.15) is 0 Å². The molecule has 1 fully saturated rings. The van der Waals surface area contributed by atoms with Gasteiger partial charge in [-0.3, -0.25) is 9.59 Å². The van der Waals surface area contributed by atoms with Gasteiger partial charge in [0.25, 0.3) is 0 Å². The van der Waals surface area contributed by atoms with E-state index in [9.17, 15) is 9.59 Å². The van der Waals surface area contributed by atoms with Gasteiger partial charge in [-0.25, -0.2) is 0 Å². The molecule has 2 rings (SSSR count). The van der Waals surface area contributed by atoms with Crippen molar-refractivity contribution in [2.75, 3.05) is 13.1 Å². The number of nitrogens with two attached hydrogens (primary N) is 1. The molecule has 0 heterocycles.